The van der Waals surface area contributed by atoms with E-state index < -0.39 is 44.5 Å². The number of halogens is 5. The molecule has 0 saturated heterocycles. The van der Waals surface area contributed by atoms with Crippen molar-refractivity contribution in [2.75, 3.05) is 0 Å². The average Bonchev–Trinajstić information content (AvgIpc) is 2.33. The minimum absolute atomic E-state index is 0.0472. The van der Waals surface area contributed by atoms with E-state index in [9.17, 15) is 17.6 Å². The van der Waals surface area contributed by atoms with Crippen molar-refractivity contribution in [1.29, 1.82) is 0 Å². The van der Waals surface area contributed by atoms with E-state index >= 15 is 0 Å². The molecule has 2 aromatic carbocycles. The van der Waals surface area contributed by atoms with Crippen LogP contribution in [0.15, 0.2) is 24.3 Å². The normalized spacial score (nSPS) is 11.1. The first-order valence-electron chi connectivity index (χ1n) is 5.44. The van der Waals surface area contributed by atoms with Crippen molar-refractivity contribution < 1.29 is 38.8 Å². The second kappa shape index (κ2) is 5.48. The van der Waals surface area contributed by atoms with Crippen molar-refractivity contribution in [2.45, 2.75) is 13.8 Å². The minimum atomic E-state index is -1.02. The van der Waals surface area contributed by atoms with Crippen LogP contribution in [0.4, 0.5) is 17.6 Å². The number of benzene rings is 2. The van der Waals surface area contributed by atoms with Crippen LogP contribution in [-0.4, -0.2) is 0 Å². The van der Waals surface area contributed by atoms with Gasteiger partial charge in [0.2, 0.25) is 0 Å². The molecule has 0 aromatic heterocycles. The summed E-state index contributed by atoms with van der Waals surface area (Å²) in [7, 11) is 0. The Hall–Kier alpha value is -1.11. The Morgan fingerprint density at radius 3 is 1.16 bits per heavy atom. The van der Waals surface area contributed by atoms with E-state index in [1.807, 2.05) is 0 Å². The summed E-state index contributed by atoms with van der Waals surface area (Å²) >= 11 is -1.02. The Morgan fingerprint density at radius 1 is 0.632 bits per heavy atom. The van der Waals surface area contributed by atoms with E-state index in [0.717, 1.165) is 0 Å². The van der Waals surface area contributed by atoms with Gasteiger partial charge in [0.15, 0.2) is 0 Å². The SMILES string of the molecule is Cc1c(F)cc([I-]c2cc(F)c(C)c(F)c2)cc1F. The summed E-state index contributed by atoms with van der Waals surface area (Å²) in [6, 6.07) is 4.89. The Bertz CT molecular complexity index is 536. The van der Waals surface area contributed by atoms with Gasteiger partial charge in [-0.15, -0.1) is 0 Å². The summed E-state index contributed by atoms with van der Waals surface area (Å²) in [4.78, 5) is 0. The van der Waals surface area contributed by atoms with Gasteiger partial charge in [0, 0.05) is 0 Å². The monoisotopic (exact) mass is 381 g/mol. The molecule has 0 radical (unpaired) electrons. The summed E-state index contributed by atoms with van der Waals surface area (Å²) in [6.45, 7) is 2.69. The van der Waals surface area contributed by atoms with Crippen LogP contribution in [0.25, 0.3) is 0 Å². The summed E-state index contributed by atoms with van der Waals surface area (Å²) in [5.74, 6) is -2.55. The van der Waals surface area contributed by atoms with Crippen LogP contribution in [0.3, 0.4) is 0 Å². The van der Waals surface area contributed by atoms with Gasteiger partial charge in [-0.25, -0.2) is 0 Å². The predicted octanol–water partition coefficient (Wildman–Crippen LogP) is 0.988. The van der Waals surface area contributed by atoms with Gasteiger partial charge in [-0.2, -0.15) is 0 Å². The van der Waals surface area contributed by atoms with Gasteiger partial charge in [-0.1, -0.05) is 0 Å². The topological polar surface area (TPSA) is 0 Å². The molecule has 0 unspecified atom stereocenters. The molecule has 0 bridgehead atoms. The Kier molecular flexibility index (Phi) is 4.13. The fourth-order valence-corrected chi connectivity index (χ4v) is 3.90. The molecule has 2 rings (SSSR count). The van der Waals surface area contributed by atoms with Crippen LogP contribution in [0, 0.1) is 44.3 Å². The number of hydrogen-bond acceptors (Lipinski definition) is 0. The molecule has 0 saturated carbocycles. The van der Waals surface area contributed by atoms with Crippen LogP contribution in [0.5, 0.6) is 0 Å². The zero-order chi connectivity index (χ0) is 14.2. The molecule has 102 valence electrons. The molecule has 0 amide bonds. The van der Waals surface area contributed by atoms with Crippen molar-refractivity contribution in [2.24, 2.45) is 0 Å². The quantitative estimate of drug-likeness (QED) is 0.538. The summed E-state index contributed by atoms with van der Waals surface area (Å²) in [5, 5.41) is 0. The zero-order valence-electron chi connectivity index (χ0n) is 10.2. The molecule has 0 atom stereocenters. The second-order valence-corrected chi connectivity index (χ2v) is 7.11. The third-order valence-electron chi connectivity index (χ3n) is 2.71. The van der Waals surface area contributed by atoms with E-state index in [1.165, 1.54) is 38.1 Å². The van der Waals surface area contributed by atoms with Gasteiger partial charge in [-0.3, -0.25) is 0 Å². The zero-order valence-corrected chi connectivity index (χ0v) is 12.4. The molecule has 5 heteroatoms. The first-order chi connectivity index (χ1) is 8.88. The van der Waals surface area contributed by atoms with E-state index in [0.29, 0.717) is 7.14 Å². The summed E-state index contributed by atoms with van der Waals surface area (Å²) in [5.41, 5.74) is -0.0944. The Labute approximate surface area is 118 Å². The molecule has 0 heterocycles. The number of hydrogen-bond donors (Lipinski definition) is 0. The van der Waals surface area contributed by atoms with Crippen molar-refractivity contribution >= 4 is 0 Å². The molecule has 0 aliphatic carbocycles. The molecule has 19 heavy (non-hydrogen) atoms. The van der Waals surface area contributed by atoms with Crippen LogP contribution in [-0.2, 0) is 0 Å². The van der Waals surface area contributed by atoms with Crippen LogP contribution in [0.2, 0.25) is 0 Å². The molecule has 2 aromatic rings. The van der Waals surface area contributed by atoms with Gasteiger partial charge in [-0.05, 0) is 0 Å². The van der Waals surface area contributed by atoms with Crippen molar-refractivity contribution in [3.63, 3.8) is 0 Å². The van der Waals surface area contributed by atoms with Crippen LogP contribution in [0.1, 0.15) is 11.1 Å². The predicted molar refractivity (Wildman–Crippen MR) is 59.6 cm³/mol. The molecule has 0 N–H and O–H groups in total. The fourth-order valence-electron chi connectivity index (χ4n) is 1.46. The molecule has 0 aliphatic rings. The van der Waals surface area contributed by atoms with E-state index in [4.69, 9.17) is 0 Å². The maximum absolute atomic E-state index is 13.4. The van der Waals surface area contributed by atoms with E-state index in [-0.39, 0.29) is 11.1 Å². The molecule has 0 nitrogen and oxygen atoms in total. The van der Waals surface area contributed by atoms with Crippen molar-refractivity contribution in [3.8, 4) is 0 Å². The molecule has 0 spiro atoms. The standard InChI is InChI=1S/C14H10F4I/c1-7-11(15)3-9(4-12(7)16)19-10-5-13(17)8(2)14(18)6-10/h3-6H,1-2H3/q-1. The van der Waals surface area contributed by atoms with Gasteiger partial charge >= 0.3 is 118 Å². The molecule has 0 aliphatic heterocycles. The third kappa shape index (κ3) is 3.08. The molecular formula is C14H10F4I-. The third-order valence-corrected chi connectivity index (χ3v) is 5.20. The molecular weight excluding hydrogens is 371 g/mol. The fraction of sp³-hybridized carbons (Fsp3) is 0.143. The van der Waals surface area contributed by atoms with Gasteiger partial charge in [0.1, 0.15) is 0 Å². The van der Waals surface area contributed by atoms with Gasteiger partial charge in [0.25, 0.3) is 0 Å². The first kappa shape index (κ1) is 14.3. The summed E-state index contributed by atoms with van der Waals surface area (Å²) in [6.07, 6.45) is 0. The second-order valence-electron chi connectivity index (χ2n) is 4.08. The van der Waals surface area contributed by atoms with Gasteiger partial charge < -0.3 is 0 Å². The summed E-state index contributed by atoms with van der Waals surface area (Å²) < 4.78 is 54.5. The Balaban J connectivity index is 2.36. The average molecular weight is 381 g/mol. The Morgan fingerprint density at radius 2 is 0.895 bits per heavy atom. The first-order valence-corrected chi connectivity index (χ1v) is 7.60. The van der Waals surface area contributed by atoms with Crippen molar-refractivity contribution in [1.82, 2.24) is 0 Å². The number of rotatable bonds is 2. The van der Waals surface area contributed by atoms with Crippen LogP contribution >= 0.6 is 0 Å². The van der Waals surface area contributed by atoms with Crippen molar-refractivity contribution in [3.05, 3.63) is 65.8 Å². The molecule has 0 fully saturated rings. The maximum atomic E-state index is 13.4. The van der Waals surface area contributed by atoms with Gasteiger partial charge in [0.05, 0.1) is 0 Å². The van der Waals surface area contributed by atoms with E-state index in [1.54, 1.807) is 0 Å². The van der Waals surface area contributed by atoms with Crippen LogP contribution < -0.4 is 21.2 Å². The van der Waals surface area contributed by atoms with E-state index in [2.05, 4.69) is 0 Å².